The van der Waals surface area contributed by atoms with Crippen molar-refractivity contribution in [1.29, 1.82) is 0 Å². The van der Waals surface area contributed by atoms with Gasteiger partial charge < -0.3 is 20.2 Å². The lowest BCUT2D eigenvalue weighted by atomic mass is 10.1. The highest BCUT2D eigenvalue weighted by Crippen LogP contribution is 2.16. The first-order valence-electron chi connectivity index (χ1n) is 4.62. The van der Waals surface area contributed by atoms with Crippen LogP contribution in [0.4, 0.5) is 4.79 Å². The molecule has 0 fully saturated rings. The zero-order valence-corrected chi connectivity index (χ0v) is 7.99. The maximum absolute atomic E-state index is 10.1. The molecule has 0 spiro atoms. The number of hydrogen-bond acceptors (Lipinski definition) is 3. The normalized spacial score (nSPS) is 10.4. The van der Waals surface area contributed by atoms with Gasteiger partial charge in [0.2, 0.25) is 0 Å². The van der Waals surface area contributed by atoms with Crippen molar-refractivity contribution < 1.29 is 9.90 Å². The van der Waals surface area contributed by atoms with Gasteiger partial charge >= 0.3 is 0 Å². The standard InChI is InChI=1S/C10H11N3O2/c14-10(15)12-4-1-7-5-13-9-2-3-11-6-8(7)9/h2-3,5-6,12-13H,1,4H2,(H,14,15)/p-1. The Labute approximate surface area is 86.1 Å². The molecule has 0 saturated carbocycles. The summed E-state index contributed by atoms with van der Waals surface area (Å²) in [6.45, 7) is 0.351. The first-order valence-corrected chi connectivity index (χ1v) is 4.62. The number of carboxylic acid groups (broad SMARTS) is 1. The van der Waals surface area contributed by atoms with Gasteiger partial charge in [-0.3, -0.25) is 4.98 Å². The van der Waals surface area contributed by atoms with Crippen molar-refractivity contribution in [3.8, 4) is 0 Å². The lowest BCUT2D eigenvalue weighted by Crippen LogP contribution is -2.37. The number of carbonyl (C=O) groups excluding carboxylic acids is 1. The zero-order chi connectivity index (χ0) is 10.7. The number of rotatable bonds is 3. The van der Waals surface area contributed by atoms with Crippen molar-refractivity contribution in [3.05, 3.63) is 30.2 Å². The molecule has 2 aromatic rings. The Bertz CT molecular complexity index is 478. The lowest BCUT2D eigenvalue weighted by Gasteiger charge is -2.04. The maximum Gasteiger partial charge on any atom is 0.134 e. The number of aromatic nitrogens is 2. The molecule has 0 saturated heterocycles. The fourth-order valence-corrected chi connectivity index (χ4v) is 1.52. The second-order valence-electron chi connectivity index (χ2n) is 3.20. The molecule has 2 aromatic heterocycles. The molecule has 0 aliphatic rings. The van der Waals surface area contributed by atoms with E-state index < -0.39 is 6.09 Å². The number of hydrogen-bond donors (Lipinski definition) is 2. The number of nitrogens with zero attached hydrogens (tertiary/aromatic N) is 1. The van der Waals surface area contributed by atoms with Crippen LogP contribution in [0.25, 0.3) is 10.9 Å². The molecule has 15 heavy (non-hydrogen) atoms. The minimum atomic E-state index is -1.24. The topological polar surface area (TPSA) is 80.8 Å². The van der Waals surface area contributed by atoms with Crippen LogP contribution in [-0.4, -0.2) is 22.6 Å². The third-order valence-electron chi connectivity index (χ3n) is 2.23. The minimum absolute atomic E-state index is 0.351. The Hall–Kier alpha value is -2.04. The Balaban J connectivity index is 2.11. The minimum Gasteiger partial charge on any atom is -0.530 e. The Morgan fingerprint density at radius 3 is 3.27 bits per heavy atom. The summed E-state index contributed by atoms with van der Waals surface area (Å²) in [6.07, 6.45) is 4.72. The van der Waals surface area contributed by atoms with Crippen molar-refractivity contribution in [1.82, 2.24) is 15.3 Å². The smallest absolute Gasteiger partial charge is 0.134 e. The van der Waals surface area contributed by atoms with Gasteiger partial charge in [0.15, 0.2) is 0 Å². The van der Waals surface area contributed by atoms with E-state index in [0.29, 0.717) is 13.0 Å². The van der Waals surface area contributed by atoms with Gasteiger partial charge in [-0.1, -0.05) is 0 Å². The number of fused-ring (bicyclic) bond motifs is 1. The SMILES string of the molecule is O=C([O-])NCCc1c[nH]c2ccncc12. The molecule has 0 radical (unpaired) electrons. The van der Waals surface area contributed by atoms with Gasteiger partial charge in [0.05, 0.1) is 0 Å². The van der Waals surface area contributed by atoms with Gasteiger partial charge in [0.25, 0.3) is 0 Å². The predicted molar refractivity (Wildman–Crippen MR) is 53.2 cm³/mol. The van der Waals surface area contributed by atoms with Crippen LogP contribution in [-0.2, 0) is 6.42 Å². The van der Waals surface area contributed by atoms with Crippen LogP contribution in [0.1, 0.15) is 5.56 Å². The van der Waals surface area contributed by atoms with Crippen molar-refractivity contribution in [2.45, 2.75) is 6.42 Å². The predicted octanol–water partition coefficient (Wildman–Crippen LogP) is 0.0383. The fraction of sp³-hybridized carbons (Fsp3) is 0.200. The Morgan fingerprint density at radius 2 is 2.47 bits per heavy atom. The number of amides is 1. The van der Waals surface area contributed by atoms with E-state index in [1.807, 2.05) is 12.3 Å². The van der Waals surface area contributed by atoms with Gasteiger partial charge in [-0.15, -0.1) is 0 Å². The molecule has 0 aromatic carbocycles. The van der Waals surface area contributed by atoms with Crippen LogP contribution >= 0.6 is 0 Å². The lowest BCUT2D eigenvalue weighted by molar-refractivity contribution is -0.250. The van der Waals surface area contributed by atoms with Gasteiger partial charge in [-0.05, 0) is 18.1 Å². The van der Waals surface area contributed by atoms with Gasteiger partial charge in [0, 0.05) is 36.0 Å². The zero-order valence-electron chi connectivity index (χ0n) is 7.99. The van der Waals surface area contributed by atoms with E-state index in [1.54, 1.807) is 12.4 Å². The number of nitrogens with one attached hydrogen (secondary N) is 2. The molecule has 78 valence electrons. The third-order valence-corrected chi connectivity index (χ3v) is 2.23. The summed E-state index contributed by atoms with van der Waals surface area (Å²) in [4.78, 5) is 17.3. The highest BCUT2D eigenvalue weighted by atomic mass is 16.4. The summed E-state index contributed by atoms with van der Waals surface area (Å²) in [5.41, 5.74) is 2.06. The summed E-state index contributed by atoms with van der Waals surface area (Å²) in [5, 5.41) is 13.4. The molecule has 2 rings (SSSR count). The van der Waals surface area contributed by atoms with Crippen LogP contribution in [0.3, 0.4) is 0 Å². The average molecular weight is 204 g/mol. The van der Waals surface area contributed by atoms with Gasteiger partial charge in [0.1, 0.15) is 6.09 Å². The summed E-state index contributed by atoms with van der Waals surface area (Å²) in [6, 6.07) is 1.88. The summed E-state index contributed by atoms with van der Waals surface area (Å²) in [5.74, 6) is 0. The van der Waals surface area contributed by atoms with E-state index in [9.17, 15) is 9.90 Å². The highest BCUT2D eigenvalue weighted by molar-refractivity contribution is 5.82. The van der Waals surface area contributed by atoms with E-state index in [2.05, 4.69) is 15.3 Å². The van der Waals surface area contributed by atoms with E-state index in [1.165, 1.54) is 0 Å². The highest BCUT2D eigenvalue weighted by Gasteiger charge is 2.02. The molecule has 5 heteroatoms. The quantitative estimate of drug-likeness (QED) is 0.740. The van der Waals surface area contributed by atoms with Crippen LogP contribution in [0, 0.1) is 0 Å². The van der Waals surface area contributed by atoms with E-state index in [0.717, 1.165) is 16.5 Å². The molecule has 5 nitrogen and oxygen atoms in total. The third kappa shape index (κ3) is 2.07. The van der Waals surface area contributed by atoms with Crippen molar-refractivity contribution in [2.24, 2.45) is 0 Å². The van der Waals surface area contributed by atoms with Gasteiger partial charge in [-0.2, -0.15) is 0 Å². The second kappa shape index (κ2) is 4.00. The molecular formula is C10H10N3O2-. The van der Waals surface area contributed by atoms with E-state index in [4.69, 9.17) is 0 Å². The number of H-pyrrole nitrogens is 1. The van der Waals surface area contributed by atoms with Crippen LogP contribution in [0.15, 0.2) is 24.7 Å². The molecule has 0 unspecified atom stereocenters. The molecular weight excluding hydrogens is 194 g/mol. The average Bonchev–Trinajstić information content (AvgIpc) is 2.62. The Morgan fingerprint density at radius 1 is 1.60 bits per heavy atom. The van der Waals surface area contributed by atoms with E-state index in [-0.39, 0.29) is 0 Å². The second-order valence-corrected chi connectivity index (χ2v) is 3.20. The monoisotopic (exact) mass is 204 g/mol. The van der Waals surface area contributed by atoms with Crippen LogP contribution in [0.5, 0.6) is 0 Å². The number of aromatic amines is 1. The van der Waals surface area contributed by atoms with Crippen LogP contribution in [0.2, 0.25) is 0 Å². The van der Waals surface area contributed by atoms with Crippen molar-refractivity contribution >= 4 is 17.0 Å². The summed E-state index contributed by atoms with van der Waals surface area (Å²) in [7, 11) is 0. The molecule has 0 aliphatic carbocycles. The van der Waals surface area contributed by atoms with Crippen LogP contribution < -0.4 is 10.4 Å². The fourth-order valence-electron chi connectivity index (χ4n) is 1.52. The first kappa shape index (κ1) is 9.51. The molecule has 2 heterocycles. The number of pyridine rings is 1. The first-order chi connectivity index (χ1) is 7.27. The molecule has 0 atom stereocenters. The molecule has 1 amide bonds. The maximum atomic E-state index is 10.1. The summed E-state index contributed by atoms with van der Waals surface area (Å²) >= 11 is 0. The molecule has 0 bridgehead atoms. The summed E-state index contributed by atoms with van der Waals surface area (Å²) < 4.78 is 0. The van der Waals surface area contributed by atoms with E-state index >= 15 is 0 Å². The molecule has 2 N–H and O–H groups in total. The van der Waals surface area contributed by atoms with Crippen molar-refractivity contribution in [2.75, 3.05) is 6.54 Å². The molecule has 0 aliphatic heterocycles. The van der Waals surface area contributed by atoms with Gasteiger partial charge in [-0.25, -0.2) is 0 Å². The largest absolute Gasteiger partial charge is 0.530 e. The van der Waals surface area contributed by atoms with Crippen molar-refractivity contribution in [3.63, 3.8) is 0 Å². The Kier molecular flexibility index (Phi) is 2.53. The number of carbonyl (C=O) groups is 1.